The van der Waals surface area contributed by atoms with Crippen molar-refractivity contribution in [1.29, 1.82) is 0 Å². The molecule has 7 heteroatoms. The molecule has 0 saturated heterocycles. The molecule has 1 aromatic rings. The first kappa shape index (κ1) is 14.4. The fourth-order valence-corrected chi connectivity index (χ4v) is 2.29. The number of thioether (sulfide) groups is 1. The maximum Gasteiger partial charge on any atom is 0.327 e. The lowest BCUT2D eigenvalue weighted by atomic mass is 10.3. The van der Waals surface area contributed by atoms with E-state index in [4.69, 9.17) is 5.11 Å². The topological polar surface area (TPSA) is 92.2 Å². The number of aromatic nitrogens is 2. The highest BCUT2D eigenvalue weighted by Crippen LogP contribution is 2.15. The Balaban J connectivity index is 2.66. The van der Waals surface area contributed by atoms with Crippen molar-refractivity contribution in [3.63, 3.8) is 0 Å². The van der Waals surface area contributed by atoms with E-state index >= 15 is 0 Å². The quantitative estimate of drug-likeness (QED) is 0.606. The number of rotatable bonds is 5. The summed E-state index contributed by atoms with van der Waals surface area (Å²) >= 11 is 1.21. The number of nitrogens with zero attached hydrogens (tertiary/aromatic N) is 2. The van der Waals surface area contributed by atoms with Crippen LogP contribution in [0, 0.1) is 13.8 Å². The van der Waals surface area contributed by atoms with E-state index in [1.165, 1.54) is 18.7 Å². The van der Waals surface area contributed by atoms with Gasteiger partial charge in [-0.1, -0.05) is 11.8 Å². The summed E-state index contributed by atoms with van der Waals surface area (Å²) in [6.45, 7) is 4.98. The van der Waals surface area contributed by atoms with Gasteiger partial charge in [0.2, 0.25) is 5.91 Å². The van der Waals surface area contributed by atoms with Gasteiger partial charge in [0.15, 0.2) is 5.16 Å². The summed E-state index contributed by atoms with van der Waals surface area (Å²) in [5, 5.41) is 11.8. The molecule has 6 nitrogen and oxygen atoms in total. The average molecular weight is 269 g/mol. The Hall–Kier alpha value is -1.63. The van der Waals surface area contributed by atoms with Crippen LogP contribution in [0.25, 0.3) is 0 Å². The van der Waals surface area contributed by atoms with Crippen LogP contribution in [0.5, 0.6) is 0 Å². The van der Waals surface area contributed by atoms with Crippen molar-refractivity contribution in [1.82, 2.24) is 15.3 Å². The second kappa shape index (κ2) is 6.34. The first-order valence-corrected chi connectivity index (χ1v) is 6.32. The number of aliphatic carboxylic acids is 1. The molecule has 0 fully saturated rings. The summed E-state index contributed by atoms with van der Waals surface area (Å²) in [7, 11) is 0. The summed E-state index contributed by atoms with van der Waals surface area (Å²) in [5.41, 5.74) is 1.66. The van der Waals surface area contributed by atoms with Crippen LogP contribution in [-0.2, 0) is 9.59 Å². The highest BCUT2D eigenvalue weighted by Gasteiger charge is 2.19. The molecule has 0 aliphatic heterocycles. The molecule has 1 amide bonds. The van der Waals surface area contributed by atoms with E-state index in [0.717, 1.165) is 11.4 Å². The standard InChI is InChI=1S/C11H15N3O3S/c1-6-4-7(2)13-11(12-6)18-5-9(10(16)17)14-8(3)15/h4,9H,5H2,1-3H3,(H,14,15)(H,16,17)/t9-/m0/s1. The molecular formula is C11H15N3O3S. The maximum atomic E-state index is 10.9. The van der Waals surface area contributed by atoms with Crippen LogP contribution in [0.1, 0.15) is 18.3 Å². The zero-order valence-corrected chi connectivity index (χ0v) is 11.2. The molecule has 0 saturated carbocycles. The molecule has 2 N–H and O–H groups in total. The maximum absolute atomic E-state index is 10.9. The van der Waals surface area contributed by atoms with Crippen LogP contribution in [-0.4, -0.2) is 38.7 Å². The highest BCUT2D eigenvalue weighted by molar-refractivity contribution is 7.99. The Morgan fingerprint density at radius 1 is 1.39 bits per heavy atom. The molecule has 0 radical (unpaired) electrons. The van der Waals surface area contributed by atoms with Crippen molar-refractivity contribution in [2.24, 2.45) is 0 Å². The molecule has 1 aromatic heterocycles. The van der Waals surface area contributed by atoms with Gasteiger partial charge in [-0.25, -0.2) is 14.8 Å². The fraction of sp³-hybridized carbons (Fsp3) is 0.455. The number of aryl methyl sites for hydroxylation is 2. The average Bonchev–Trinajstić information content (AvgIpc) is 2.21. The second-order valence-electron chi connectivity index (χ2n) is 3.84. The Bertz CT molecular complexity index is 445. The van der Waals surface area contributed by atoms with Gasteiger partial charge in [-0.2, -0.15) is 0 Å². The van der Waals surface area contributed by atoms with Gasteiger partial charge in [0, 0.05) is 24.1 Å². The lowest BCUT2D eigenvalue weighted by molar-refractivity contribution is -0.140. The third-order valence-corrected chi connectivity index (χ3v) is 2.96. The number of carbonyl (C=O) groups excluding carboxylic acids is 1. The van der Waals surface area contributed by atoms with Crippen molar-refractivity contribution in [3.8, 4) is 0 Å². The van der Waals surface area contributed by atoms with E-state index in [2.05, 4.69) is 15.3 Å². The Morgan fingerprint density at radius 3 is 2.39 bits per heavy atom. The largest absolute Gasteiger partial charge is 0.480 e. The van der Waals surface area contributed by atoms with E-state index in [1.807, 2.05) is 19.9 Å². The fourth-order valence-electron chi connectivity index (χ4n) is 1.34. The van der Waals surface area contributed by atoms with Crippen LogP contribution in [0.2, 0.25) is 0 Å². The Labute approximate surface area is 109 Å². The van der Waals surface area contributed by atoms with Crippen LogP contribution >= 0.6 is 11.8 Å². The molecule has 18 heavy (non-hydrogen) atoms. The van der Waals surface area contributed by atoms with Gasteiger partial charge in [-0.05, 0) is 19.9 Å². The van der Waals surface area contributed by atoms with E-state index in [-0.39, 0.29) is 11.7 Å². The number of nitrogens with one attached hydrogen (secondary N) is 1. The van der Waals surface area contributed by atoms with Crippen LogP contribution in [0.3, 0.4) is 0 Å². The summed E-state index contributed by atoms with van der Waals surface area (Å²) < 4.78 is 0. The van der Waals surface area contributed by atoms with Crippen molar-refractivity contribution in [3.05, 3.63) is 17.5 Å². The highest BCUT2D eigenvalue weighted by atomic mass is 32.2. The molecule has 0 aromatic carbocycles. The summed E-state index contributed by atoms with van der Waals surface area (Å²) in [4.78, 5) is 30.2. The van der Waals surface area contributed by atoms with Gasteiger partial charge in [0.1, 0.15) is 6.04 Å². The Morgan fingerprint density at radius 2 is 1.94 bits per heavy atom. The van der Waals surface area contributed by atoms with Crippen molar-refractivity contribution in [2.75, 3.05) is 5.75 Å². The monoisotopic (exact) mass is 269 g/mol. The zero-order valence-electron chi connectivity index (χ0n) is 10.4. The minimum atomic E-state index is -1.07. The Kier molecular flexibility index (Phi) is 5.08. The van der Waals surface area contributed by atoms with Gasteiger partial charge in [0.25, 0.3) is 0 Å². The van der Waals surface area contributed by atoms with Crippen LogP contribution in [0.15, 0.2) is 11.2 Å². The summed E-state index contributed by atoms with van der Waals surface area (Å²) in [6, 6.07) is 0.906. The molecule has 0 aliphatic carbocycles. The summed E-state index contributed by atoms with van der Waals surface area (Å²) in [5.74, 6) is -1.25. The molecule has 1 atom stereocenters. The van der Waals surface area contributed by atoms with E-state index in [1.54, 1.807) is 0 Å². The first-order chi connectivity index (χ1) is 8.38. The zero-order chi connectivity index (χ0) is 13.7. The smallest absolute Gasteiger partial charge is 0.327 e. The number of hydrogen-bond donors (Lipinski definition) is 2. The van der Waals surface area contributed by atoms with E-state index in [9.17, 15) is 9.59 Å². The molecule has 1 rings (SSSR count). The van der Waals surface area contributed by atoms with E-state index in [0.29, 0.717) is 5.16 Å². The van der Waals surface area contributed by atoms with Gasteiger partial charge in [0.05, 0.1) is 0 Å². The molecule has 0 aliphatic rings. The molecule has 98 valence electrons. The van der Waals surface area contributed by atoms with Crippen molar-refractivity contribution >= 4 is 23.6 Å². The predicted molar refractivity (Wildman–Crippen MR) is 67.5 cm³/mol. The minimum absolute atomic E-state index is 0.192. The second-order valence-corrected chi connectivity index (χ2v) is 4.82. The van der Waals surface area contributed by atoms with E-state index < -0.39 is 12.0 Å². The molecule has 1 heterocycles. The van der Waals surface area contributed by atoms with Crippen LogP contribution in [0.4, 0.5) is 0 Å². The molecule has 0 spiro atoms. The van der Waals surface area contributed by atoms with Crippen molar-refractivity contribution < 1.29 is 14.7 Å². The van der Waals surface area contributed by atoms with Gasteiger partial charge in [-0.15, -0.1) is 0 Å². The normalized spacial score (nSPS) is 11.9. The summed E-state index contributed by atoms with van der Waals surface area (Å²) in [6.07, 6.45) is 0. The molecule has 0 bridgehead atoms. The SMILES string of the molecule is CC(=O)N[C@@H](CSc1nc(C)cc(C)n1)C(=O)O. The number of carbonyl (C=O) groups is 2. The number of amides is 1. The molecular weight excluding hydrogens is 254 g/mol. The first-order valence-electron chi connectivity index (χ1n) is 5.33. The van der Waals surface area contributed by atoms with Crippen LogP contribution < -0.4 is 5.32 Å². The lowest BCUT2D eigenvalue weighted by Crippen LogP contribution is -2.41. The lowest BCUT2D eigenvalue weighted by Gasteiger charge is -2.12. The van der Waals surface area contributed by atoms with Gasteiger partial charge >= 0.3 is 5.97 Å². The third-order valence-electron chi connectivity index (χ3n) is 2.02. The number of carboxylic acids is 1. The van der Waals surface area contributed by atoms with Crippen molar-refractivity contribution in [2.45, 2.75) is 32.0 Å². The van der Waals surface area contributed by atoms with Gasteiger partial charge < -0.3 is 10.4 Å². The minimum Gasteiger partial charge on any atom is -0.480 e. The predicted octanol–water partition coefficient (Wildman–Crippen LogP) is 0.775. The number of carboxylic acid groups (broad SMARTS) is 1. The van der Waals surface area contributed by atoms with Gasteiger partial charge in [-0.3, -0.25) is 4.79 Å². The number of hydrogen-bond acceptors (Lipinski definition) is 5. The third kappa shape index (κ3) is 4.70. The molecule has 0 unspecified atom stereocenters.